The van der Waals surface area contributed by atoms with Crippen LogP contribution in [0.1, 0.15) is 19.4 Å². The summed E-state index contributed by atoms with van der Waals surface area (Å²) in [5, 5.41) is 6.32. The van der Waals surface area contributed by atoms with Crippen molar-refractivity contribution in [3.63, 3.8) is 0 Å². The molecule has 21 heavy (non-hydrogen) atoms. The molecule has 0 unspecified atom stereocenters. The van der Waals surface area contributed by atoms with Gasteiger partial charge in [0, 0.05) is 24.9 Å². The van der Waals surface area contributed by atoms with Gasteiger partial charge in [0.2, 0.25) is 0 Å². The first-order valence-corrected chi connectivity index (χ1v) is 8.04. The van der Waals surface area contributed by atoms with E-state index in [1.165, 1.54) is 6.07 Å². The Bertz CT molecular complexity index is 490. The molecule has 0 aromatic heterocycles. The van der Waals surface area contributed by atoms with Gasteiger partial charge in [-0.15, -0.1) is 0 Å². The maximum absolute atomic E-state index is 13.5. The maximum atomic E-state index is 13.5. The van der Waals surface area contributed by atoms with E-state index < -0.39 is 11.6 Å². The summed E-state index contributed by atoms with van der Waals surface area (Å²) in [6.45, 7) is 5.53. The van der Waals surface area contributed by atoms with Gasteiger partial charge in [-0.25, -0.2) is 8.78 Å². The molecule has 6 heteroatoms. The predicted molar refractivity (Wildman–Crippen MR) is 87.0 cm³/mol. The SMILES string of the molecule is CN=C(NCCc1cccc(F)c1F)NCC(C)(C)SC. The highest BCUT2D eigenvalue weighted by atomic mass is 32.2. The lowest BCUT2D eigenvalue weighted by Gasteiger charge is -2.23. The van der Waals surface area contributed by atoms with Crippen molar-refractivity contribution in [2.24, 2.45) is 4.99 Å². The highest BCUT2D eigenvalue weighted by Gasteiger charge is 2.16. The molecule has 0 bridgehead atoms. The van der Waals surface area contributed by atoms with Gasteiger partial charge in [-0.3, -0.25) is 4.99 Å². The van der Waals surface area contributed by atoms with Crippen LogP contribution in [0.3, 0.4) is 0 Å². The fourth-order valence-corrected chi connectivity index (χ4v) is 1.86. The van der Waals surface area contributed by atoms with E-state index in [0.29, 0.717) is 24.5 Å². The number of nitrogens with zero attached hydrogens (tertiary/aromatic N) is 1. The van der Waals surface area contributed by atoms with Gasteiger partial charge < -0.3 is 10.6 Å². The Kier molecular flexibility index (Phi) is 6.95. The van der Waals surface area contributed by atoms with Crippen molar-refractivity contribution in [1.82, 2.24) is 10.6 Å². The van der Waals surface area contributed by atoms with Gasteiger partial charge in [-0.1, -0.05) is 12.1 Å². The first kappa shape index (κ1) is 17.8. The summed E-state index contributed by atoms with van der Waals surface area (Å²) in [7, 11) is 1.68. The second kappa shape index (κ2) is 8.22. The minimum atomic E-state index is -0.809. The van der Waals surface area contributed by atoms with E-state index in [1.54, 1.807) is 24.9 Å². The average molecular weight is 315 g/mol. The Balaban J connectivity index is 2.44. The number of guanidine groups is 1. The van der Waals surface area contributed by atoms with E-state index in [2.05, 4.69) is 35.7 Å². The smallest absolute Gasteiger partial charge is 0.191 e. The third kappa shape index (κ3) is 5.91. The van der Waals surface area contributed by atoms with Crippen LogP contribution >= 0.6 is 11.8 Å². The Morgan fingerprint density at radius 1 is 1.29 bits per heavy atom. The normalized spacial score (nSPS) is 12.4. The molecular weight excluding hydrogens is 292 g/mol. The van der Waals surface area contributed by atoms with Crippen LogP contribution in [0, 0.1) is 11.6 Å². The fourth-order valence-electron chi connectivity index (χ4n) is 1.65. The van der Waals surface area contributed by atoms with E-state index in [9.17, 15) is 8.78 Å². The van der Waals surface area contributed by atoms with Crippen LogP contribution in [0.15, 0.2) is 23.2 Å². The lowest BCUT2D eigenvalue weighted by atomic mass is 10.1. The molecule has 0 spiro atoms. The molecule has 2 N–H and O–H groups in total. The molecule has 0 heterocycles. The molecule has 0 radical (unpaired) electrons. The summed E-state index contributed by atoms with van der Waals surface area (Å²) >= 11 is 1.77. The van der Waals surface area contributed by atoms with E-state index in [1.807, 2.05) is 0 Å². The predicted octanol–water partition coefficient (Wildman–Crippen LogP) is 2.81. The van der Waals surface area contributed by atoms with Crippen LogP contribution in [0.5, 0.6) is 0 Å². The molecule has 0 saturated heterocycles. The highest BCUT2D eigenvalue weighted by molar-refractivity contribution is 7.99. The van der Waals surface area contributed by atoms with Crippen molar-refractivity contribution in [2.45, 2.75) is 25.0 Å². The molecule has 0 aliphatic heterocycles. The summed E-state index contributed by atoms with van der Waals surface area (Å²) in [6, 6.07) is 4.23. The zero-order valence-corrected chi connectivity index (χ0v) is 13.8. The Morgan fingerprint density at radius 3 is 2.62 bits per heavy atom. The number of thioether (sulfide) groups is 1. The lowest BCUT2D eigenvalue weighted by molar-refractivity contribution is 0.498. The molecule has 1 rings (SSSR count). The Morgan fingerprint density at radius 2 is 2.00 bits per heavy atom. The fraction of sp³-hybridized carbons (Fsp3) is 0.533. The van der Waals surface area contributed by atoms with Gasteiger partial charge in [-0.05, 0) is 38.2 Å². The first-order valence-electron chi connectivity index (χ1n) is 6.82. The lowest BCUT2D eigenvalue weighted by Crippen LogP contribution is -2.43. The minimum absolute atomic E-state index is 0.103. The molecule has 0 aliphatic rings. The number of rotatable bonds is 6. The number of halogens is 2. The summed E-state index contributed by atoms with van der Waals surface area (Å²) in [5.41, 5.74) is 0.363. The first-order chi connectivity index (χ1) is 9.89. The molecule has 0 aliphatic carbocycles. The van der Waals surface area contributed by atoms with Crippen molar-refractivity contribution in [2.75, 3.05) is 26.4 Å². The van der Waals surface area contributed by atoms with Crippen molar-refractivity contribution in [3.05, 3.63) is 35.4 Å². The van der Waals surface area contributed by atoms with Gasteiger partial charge in [-0.2, -0.15) is 11.8 Å². The van der Waals surface area contributed by atoms with Gasteiger partial charge in [0.25, 0.3) is 0 Å². The van der Waals surface area contributed by atoms with E-state index in [0.717, 1.165) is 12.6 Å². The average Bonchev–Trinajstić information content (AvgIpc) is 2.47. The van der Waals surface area contributed by atoms with E-state index in [-0.39, 0.29) is 4.75 Å². The zero-order valence-electron chi connectivity index (χ0n) is 13.0. The van der Waals surface area contributed by atoms with Crippen molar-refractivity contribution >= 4 is 17.7 Å². The minimum Gasteiger partial charge on any atom is -0.356 e. The van der Waals surface area contributed by atoms with Crippen LogP contribution in [-0.2, 0) is 6.42 Å². The molecule has 0 saturated carbocycles. The number of aliphatic imine (C=N–C) groups is 1. The largest absolute Gasteiger partial charge is 0.356 e. The van der Waals surface area contributed by atoms with Crippen LogP contribution in [0.25, 0.3) is 0 Å². The van der Waals surface area contributed by atoms with Gasteiger partial charge in [0.05, 0.1) is 0 Å². The summed E-state index contributed by atoms with van der Waals surface area (Å²) < 4.78 is 26.7. The van der Waals surface area contributed by atoms with Crippen LogP contribution in [0.4, 0.5) is 8.78 Å². The Hall–Kier alpha value is -1.30. The molecule has 0 fully saturated rings. The number of nitrogens with one attached hydrogen (secondary N) is 2. The molecule has 0 atom stereocenters. The van der Waals surface area contributed by atoms with Crippen molar-refractivity contribution < 1.29 is 8.78 Å². The summed E-state index contributed by atoms with van der Waals surface area (Å²) in [4.78, 5) is 4.11. The van der Waals surface area contributed by atoms with Crippen LogP contribution in [0.2, 0.25) is 0 Å². The third-order valence-corrected chi connectivity index (χ3v) is 4.43. The molecular formula is C15H23F2N3S. The zero-order chi connectivity index (χ0) is 15.9. The monoisotopic (exact) mass is 315 g/mol. The van der Waals surface area contributed by atoms with Crippen molar-refractivity contribution in [1.29, 1.82) is 0 Å². The van der Waals surface area contributed by atoms with E-state index in [4.69, 9.17) is 0 Å². The molecule has 1 aromatic carbocycles. The maximum Gasteiger partial charge on any atom is 0.191 e. The van der Waals surface area contributed by atoms with Gasteiger partial charge >= 0.3 is 0 Å². The van der Waals surface area contributed by atoms with Gasteiger partial charge in [0.1, 0.15) is 0 Å². The molecule has 0 amide bonds. The second-order valence-electron chi connectivity index (χ2n) is 5.28. The molecule has 118 valence electrons. The van der Waals surface area contributed by atoms with E-state index >= 15 is 0 Å². The molecule has 1 aromatic rings. The van der Waals surface area contributed by atoms with Gasteiger partial charge in [0.15, 0.2) is 17.6 Å². The quantitative estimate of drug-likeness (QED) is 0.626. The van der Waals surface area contributed by atoms with Crippen molar-refractivity contribution in [3.8, 4) is 0 Å². The summed E-state index contributed by atoms with van der Waals surface area (Å²) in [5.74, 6) is -0.920. The van der Waals surface area contributed by atoms with Crippen LogP contribution < -0.4 is 10.6 Å². The van der Waals surface area contributed by atoms with Crippen LogP contribution in [-0.4, -0.2) is 37.1 Å². The number of hydrogen-bond acceptors (Lipinski definition) is 2. The number of benzene rings is 1. The third-order valence-electron chi connectivity index (χ3n) is 3.18. The standard InChI is InChI=1S/C15H23F2N3S/c1-15(2,21-4)10-20-14(18-3)19-9-8-11-6-5-7-12(16)13(11)17/h5-7H,8-10H2,1-4H3,(H2,18,19,20). The number of hydrogen-bond donors (Lipinski definition) is 2. The summed E-state index contributed by atoms with van der Waals surface area (Å²) in [6.07, 6.45) is 2.46. The topological polar surface area (TPSA) is 36.4 Å². The second-order valence-corrected chi connectivity index (χ2v) is 6.79. The highest BCUT2D eigenvalue weighted by Crippen LogP contribution is 2.19. The molecule has 3 nitrogen and oxygen atoms in total. The Labute approximate surface area is 129 Å².